The van der Waals surface area contributed by atoms with Crippen molar-refractivity contribution in [2.24, 2.45) is 0 Å². The Kier molecular flexibility index (Phi) is 5.37. The van der Waals surface area contributed by atoms with Crippen LogP contribution in [0.5, 0.6) is 0 Å². The molecule has 0 aliphatic rings. The highest BCUT2D eigenvalue weighted by molar-refractivity contribution is 6.24. The smallest absolute Gasteiger partial charge is 0.252 e. The fourth-order valence-corrected chi connectivity index (χ4v) is 3.08. The maximum atomic E-state index is 13.0. The van der Waals surface area contributed by atoms with Gasteiger partial charge in [-0.1, -0.05) is 54.1 Å². The van der Waals surface area contributed by atoms with Crippen molar-refractivity contribution in [3.8, 4) is 0 Å². The fraction of sp³-hybridized carbons (Fsp3) is 0.174. The van der Waals surface area contributed by atoms with Crippen LogP contribution in [0.3, 0.4) is 0 Å². The zero-order valence-corrected chi connectivity index (χ0v) is 15.3. The van der Waals surface area contributed by atoms with Crippen molar-refractivity contribution in [3.05, 3.63) is 94.9 Å². The number of carbonyl (C=O) groups excluding carboxylic acids is 1. The highest BCUT2D eigenvalue weighted by atomic mass is 16.3. The second kappa shape index (κ2) is 7.87. The Morgan fingerprint density at radius 2 is 1.81 bits per heavy atom. The number of furan rings is 1. The first kappa shape index (κ1) is 17.7. The van der Waals surface area contributed by atoms with Gasteiger partial charge in [0, 0.05) is 0 Å². The molecule has 1 aromatic heterocycles. The molecule has 1 N–H and O–H groups in total. The van der Waals surface area contributed by atoms with Crippen LogP contribution in [-0.4, -0.2) is 5.91 Å². The van der Waals surface area contributed by atoms with Crippen molar-refractivity contribution >= 4 is 17.6 Å². The molecule has 0 aliphatic carbocycles. The third kappa shape index (κ3) is 4.12. The molecule has 0 radical (unpaired) electrons. The van der Waals surface area contributed by atoms with Crippen LogP contribution >= 0.6 is 0 Å². The molecule has 26 heavy (non-hydrogen) atoms. The largest absolute Gasteiger partial charge is 0.465 e. The van der Waals surface area contributed by atoms with Crippen molar-refractivity contribution in [2.75, 3.05) is 0 Å². The third-order valence-electron chi connectivity index (χ3n) is 4.40. The topological polar surface area (TPSA) is 42.2 Å². The van der Waals surface area contributed by atoms with Gasteiger partial charge in [-0.3, -0.25) is 4.79 Å². The van der Waals surface area contributed by atoms with Crippen LogP contribution in [-0.2, 0) is 4.79 Å². The van der Waals surface area contributed by atoms with Gasteiger partial charge in [-0.2, -0.15) is 0 Å². The lowest BCUT2D eigenvalue weighted by Gasteiger charge is -2.18. The van der Waals surface area contributed by atoms with Crippen molar-refractivity contribution < 1.29 is 9.21 Å². The average molecular weight is 345 g/mol. The summed E-state index contributed by atoms with van der Waals surface area (Å²) in [5, 5.41) is 3.12. The first-order chi connectivity index (χ1) is 12.5. The zero-order chi connectivity index (χ0) is 18.5. The van der Waals surface area contributed by atoms with Crippen LogP contribution in [0.25, 0.3) is 11.6 Å². The molecule has 1 amide bonds. The normalized spacial score (nSPS) is 12.7. The Morgan fingerprint density at radius 1 is 1.04 bits per heavy atom. The van der Waals surface area contributed by atoms with Gasteiger partial charge in [0.1, 0.15) is 5.76 Å². The number of hydrogen-bond acceptors (Lipinski definition) is 2. The molecule has 2 aromatic carbocycles. The van der Waals surface area contributed by atoms with Gasteiger partial charge in [-0.05, 0) is 55.7 Å². The molecule has 0 fully saturated rings. The SMILES string of the molecule is Cc1ccc([C@H](C)NC(=O)/C(=C/c2ccco2)c2ccccc2)c(C)c1. The van der Waals surface area contributed by atoms with E-state index in [1.54, 1.807) is 12.3 Å². The molecule has 3 rings (SSSR count). The second-order valence-electron chi connectivity index (χ2n) is 6.49. The van der Waals surface area contributed by atoms with E-state index in [4.69, 9.17) is 4.42 Å². The maximum Gasteiger partial charge on any atom is 0.252 e. The first-order valence-corrected chi connectivity index (χ1v) is 8.73. The van der Waals surface area contributed by atoms with Crippen LogP contribution in [0.2, 0.25) is 0 Å². The van der Waals surface area contributed by atoms with E-state index in [0.717, 1.165) is 11.1 Å². The predicted molar refractivity (Wildman–Crippen MR) is 105 cm³/mol. The van der Waals surface area contributed by atoms with Crippen LogP contribution in [0, 0.1) is 13.8 Å². The van der Waals surface area contributed by atoms with Crippen molar-refractivity contribution in [3.63, 3.8) is 0 Å². The monoisotopic (exact) mass is 345 g/mol. The highest BCUT2D eigenvalue weighted by Crippen LogP contribution is 2.23. The summed E-state index contributed by atoms with van der Waals surface area (Å²) in [5.74, 6) is 0.526. The number of benzene rings is 2. The average Bonchev–Trinajstić information content (AvgIpc) is 3.13. The van der Waals surface area contributed by atoms with Gasteiger partial charge in [-0.15, -0.1) is 0 Å². The summed E-state index contributed by atoms with van der Waals surface area (Å²) >= 11 is 0. The van der Waals surface area contributed by atoms with Gasteiger partial charge in [0.15, 0.2) is 0 Å². The van der Waals surface area contributed by atoms with E-state index in [-0.39, 0.29) is 11.9 Å². The Labute approximate surface area is 154 Å². The van der Waals surface area contributed by atoms with Crippen molar-refractivity contribution in [1.29, 1.82) is 0 Å². The second-order valence-corrected chi connectivity index (χ2v) is 6.49. The molecule has 0 aliphatic heterocycles. The third-order valence-corrected chi connectivity index (χ3v) is 4.40. The molecule has 1 heterocycles. The summed E-state index contributed by atoms with van der Waals surface area (Å²) in [4.78, 5) is 13.0. The summed E-state index contributed by atoms with van der Waals surface area (Å²) in [7, 11) is 0. The van der Waals surface area contributed by atoms with E-state index in [1.165, 1.54) is 11.1 Å². The maximum absolute atomic E-state index is 13.0. The number of carbonyl (C=O) groups is 1. The lowest BCUT2D eigenvalue weighted by molar-refractivity contribution is -0.116. The standard InChI is InChI=1S/C23H23NO2/c1-16-11-12-21(17(2)14-16)18(3)24-23(25)22(15-20-10-7-13-26-20)19-8-5-4-6-9-19/h4-15,18H,1-3H3,(H,24,25)/b22-15+/t18-/m0/s1. The minimum atomic E-state index is -0.125. The van der Waals surface area contributed by atoms with Crippen LogP contribution in [0.15, 0.2) is 71.3 Å². The van der Waals surface area contributed by atoms with Gasteiger partial charge in [0.2, 0.25) is 0 Å². The summed E-state index contributed by atoms with van der Waals surface area (Å²) in [6.45, 7) is 6.15. The van der Waals surface area contributed by atoms with Crippen molar-refractivity contribution in [2.45, 2.75) is 26.8 Å². The summed E-state index contributed by atoms with van der Waals surface area (Å²) in [6.07, 6.45) is 3.38. The molecule has 1 atom stereocenters. The molecule has 0 saturated heterocycles. The Hall–Kier alpha value is -3.07. The predicted octanol–water partition coefficient (Wildman–Crippen LogP) is 5.31. The lowest BCUT2D eigenvalue weighted by Crippen LogP contribution is -2.28. The minimum absolute atomic E-state index is 0.0909. The Balaban J connectivity index is 1.88. The number of amides is 1. The molecule has 0 saturated carbocycles. The van der Waals surface area contributed by atoms with E-state index in [0.29, 0.717) is 11.3 Å². The molecule has 0 unspecified atom stereocenters. The number of hydrogen-bond donors (Lipinski definition) is 1. The lowest BCUT2D eigenvalue weighted by atomic mass is 9.99. The fourth-order valence-electron chi connectivity index (χ4n) is 3.08. The number of aryl methyl sites for hydroxylation is 2. The molecule has 3 nitrogen and oxygen atoms in total. The zero-order valence-electron chi connectivity index (χ0n) is 15.3. The van der Waals surface area contributed by atoms with Crippen LogP contribution in [0.4, 0.5) is 0 Å². The van der Waals surface area contributed by atoms with Gasteiger partial charge in [0.25, 0.3) is 5.91 Å². The van der Waals surface area contributed by atoms with Gasteiger partial charge < -0.3 is 9.73 Å². The van der Waals surface area contributed by atoms with E-state index in [9.17, 15) is 4.79 Å². The van der Waals surface area contributed by atoms with Crippen molar-refractivity contribution in [1.82, 2.24) is 5.32 Å². The summed E-state index contributed by atoms with van der Waals surface area (Å²) in [6, 6.07) is 19.5. The first-order valence-electron chi connectivity index (χ1n) is 8.73. The number of rotatable bonds is 5. The van der Waals surface area contributed by atoms with E-state index >= 15 is 0 Å². The van der Waals surface area contributed by atoms with Gasteiger partial charge in [0.05, 0.1) is 17.9 Å². The van der Waals surface area contributed by atoms with Gasteiger partial charge in [-0.25, -0.2) is 0 Å². The molecular weight excluding hydrogens is 322 g/mol. The van der Waals surface area contributed by atoms with E-state index in [2.05, 4.69) is 37.4 Å². The minimum Gasteiger partial charge on any atom is -0.465 e. The summed E-state index contributed by atoms with van der Waals surface area (Å²) < 4.78 is 5.40. The Morgan fingerprint density at radius 3 is 2.46 bits per heavy atom. The molecular formula is C23H23NO2. The Bertz CT molecular complexity index is 909. The molecule has 0 spiro atoms. The quantitative estimate of drug-likeness (QED) is 0.636. The highest BCUT2D eigenvalue weighted by Gasteiger charge is 2.17. The van der Waals surface area contributed by atoms with Gasteiger partial charge >= 0.3 is 0 Å². The van der Waals surface area contributed by atoms with Crippen LogP contribution < -0.4 is 5.32 Å². The van der Waals surface area contributed by atoms with Crippen LogP contribution in [0.1, 0.15) is 41.0 Å². The van der Waals surface area contributed by atoms with E-state index < -0.39 is 0 Å². The molecule has 3 heteroatoms. The number of nitrogens with one attached hydrogen (secondary N) is 1. The summed E-state index contributed by atoms with van der Waals surface area (Å²) in [5.41, 5.74) is 4.95. The molecule has 0 bridgehead atoms. The van der Waals surface area contributed by atoms with E-state index in [1.807, 2.05) is 49.4 Å². The molecule has 132 valence electrons. The molecule has 3 aromatic rings.